The average Bonchev–Trinajstić information content (AvgIpc) is 2.32. The smallest absolute Gasteiger partial charge is 0.00103 e. The van der Waals surface area contributed by atoms with Crippen molar-refractivity contribution in [2.24, 2.45) is 0 Å². The first-order valence-corrected chi connectivity index (χ1v) is 7.72. The minimum atomic E-state index is 0.265. The van der Waals surface area contributed by atoms with E-state index < -0.39 is 0 Å². The molecule has 1 N–H and O–H groups in total. The summed E-state index contributed by atoms with van der Waals surface area (Å²) < 4.78 is 0. The number of aryl methyl sites for hydroxylation is 1. The highest BCUT2D eigenvalue weighted by molar-refractivity contribution is 5.27. The van der Waals surface area contributed by atoms with Gasteiger partial charge in [0, 0.05) is 6.04 Å². The van der Waals surface area contributed by atoms with Crippen molar-refractivity contribution in [3.63, 3.8) is 0 Å². The van der Waals surface area contributed by atoms with Gasteiger partial charge in [-0.15, -0.1) is 0 Å². The van der Waals surface area contributed by atoms with Crippen LogP contribution in [0.2, 0.25) is 0 Å². The number of hydrogen-bond acceptors (Lipinski definition) is 1. The fourth-order valence-electron chi connectivity index (χ4n) is 2.19. The second-order valence-corrected chi connectivity index (χ2v) is 6.87. The van der Waals surface area contributed by atoms with Gasteiger partial charge in [0.25, 0.3) is 0 Å². The van der Waals surface area contributed by atoms with E-state index >= 15 is 0 Å². The molecule has 0 aliphatic carbocycles. The topological polar surface area (TPSA) is 12.0 Å². The van der Waals surface area contributed by atoms with Gasteiger partial charge in [-0.3, -0.25) is 0 Å². The number of unbranched alkanes of at least 4 members (excludes halogenated alkanes) is 2. The third-order valence-corrected chi connectivity index (χ3v) is 3.51. The van der Waals surface area contributed by atoms with E-state index in [4.69, 9.17) is 0 Å². The van der Waals surface area contributed by atoms with Gasteiger partial charge in [0.2, 0.25) is 0 Å². The zero-order chi connectivity index (χ0) is 14.3. The van der Waals surface area contributed by atoms with Gasteiger partial charge in [0.05, 0.1) is 0 Å². The molecule has 0 unspecified atom stereocenters. The van der Waals surface area contributed by atoms with Crippen LogP contribution >= 0.6 is 0 Å². The first-order valence-electron chi connectivity index (χ1n) is 7.72. The standard InChI is InChI=1S/C18H31N/c1-15(2)19-14-8-6-7-9-16-10-12-17(13-11-16)18(3,4)5/h10-13,15,19H,6-9,14H2,1-5H3. The molecule has 0 radical (unpaired) electrons. The van der Waals surface area contributed by atoms with Crippen molar-refractivity contribution in [1.29, 1.82) is 0 Å². The van der Waals surface area contributed by atoms with Crippen LogP contribution in [-0.4, -0.2) is 12.6 Å². The summed E-state index contributed by atoms with van der Waals surface area (Å²) in [6.45, 7) is 12.4. The highest BCUT2D eigenvalue weighted by Gasteiger charge is 2.12. The van der Waals surface area contributed by atoms with Gasteiger partial charge in [-0.05, 0) is 42.3 Å². The maximum Gasteiger partial charge on any atom is 0.00103 e. The van der Waals surface area contributed by atoms with Crippen molar-refractivity contribution in [2.45, 2.75) is 71.8 Å². The second-order valence-electron chi connectivity index (χ2n) is 6.87. The fraction of sp³-hybridized carbons (Fsp3) is 0.667. The Balaban J connectivity index is 2.23. The summed E-state index contributed by atoms with van der Waals surface area (Å²) in [4.78, 5) is 0. The predicted molar refractivity (Wildman–Crippen MR) is 85.8 cm³/mol. The van der Waals surface area contributed by atoms with Gasteiger partial charge in [0.15, 0.2) is 0 Å². The molecule has 0 aromatic heterocycles. The quantitative estimate of drug-likeness (QED) is 0.702. The molecule has 1 nitrogen and oxygen atoms in total. The van der Waals surface area contributed by atoms with E-state index in [1.165, 1.54) is 36.8 Å². The molecule has 108 valence electrons. The molecule has 0 aliphatic rings. The van der Waals surface area contributed by atoms with E-state index in [2.05, 4.69) is 64.2 Å². The Morgan fingerprint density at radius 2 is 1.58 bits per heavy atom. The molecule has 1 aromatic rings. The summed E-state index contributed by atoms with van der Waals surface area (Å²) in [5, 5.41) is 3.47. The molecule has 0 fully saturated rings. The van der Waals surface area contributed by atoms with Crippen LogP contribution in [0.15, 0.2) is 24.3 Å². The van der Waals surface area contributed by atoms with Crippen LogP contribution in [0.4, 0.5) is 0 Å². The average molecular weight is 261 g/mol. The van der Waals surface area contributed by atoms with E-state index in [1.54, 1.807) is 0 Å². The Bertz CT molecular complexity index is 343. The highest BCUT2D eigenvalue weighted by atomic mass is 14.9. The van der Waals surface area contributed by atoms with Gasteiger partial charge in [0.1, 0.15) is 0 Å². The molecule has 19 heavy (non-hydrogen) atoms. The normalized spacial score (nSPS) is 12.1. The maximum atomic E-state index is 3.47. The van der Waals surface area contributed by atoms with E-state index in [9.17, 15) is 0 Å². The lowest BCUT2D eigenvalue weighted by molar-refractivity contribution is 0.548. The molecule has 0 bridgehead atoms. The Morgan fingerprint density at radius 1 is 0.947 bits per heavy atom. The largest absolute Gasteiger partial charge is 0.315 e. The summed E-state index contributed by atoms with van der Waals surface area (Å²) in [7, 11) is 0. The molecule has 0 amide bonds. The number of hydrogen-bond donors (Lipinski definition) is 1. The molecule has 1 rings (SSSR count). The summed E-state index contributed by atoms with van der Waals surface area (Å²) in [6.07, 6.45) is 5.12. The Kier molecular flexibility index (Phi) is 6.57. The summed E-state index contributed by atoms with van der Waals surface area (Å²) >= 11 is 0. The predicted octanol–water partition coefficient (Wildman–Crippen LogP) is 4.69. The summed E-state index contributed by atoms with van der Waals surface area (Å²) in [5.74, 6) is 0. The highest BCUT2D eigenvalue weighted by Crippen LogP contribution is 2.22. The summed E-state index contributed by atoms with van der Waals surface area (Å²) in [5.41, 5.74) is 3.17. The second kappa shape index (κ2) is 7.69. The maximum absolute atomic E-state index is 3.47. The van der Waals surface area contributed by atoms with Crippen LogP contribution in [0.3, 0.4) is 0 Å². The van der Waals surface area contributed by atoms with Gasteiger partial charge in [-0.1, -0.05) is 65.3 Å². The van der Waals surface area contributed by atoms with E-state index in [0.717, 1.165) is 6.54 Å². The monoisotopic (exact) mass is 261 g/mol. The van der Waals surface area contributed by atoms with Crippen molar-refractivity contribution in [2.75, 3.05) is 6.54 Å². The molecule has 1 aromatic carbocycles. The van der Waals surface area contributed by atoms with E-state index in [-0.39, 0.29) is 5.41 Å². The van der Waals surface area contributed by atoms with Crippen molar-refractivity contribution >= 4 is 0 Å². The van der Waals surface area contributed by atoms with Crippen LogP contribution in [0.25, 0.3) is 0 Å². The third-order valence-electron chi connectivity index (χ3n) is 3.51. The van der Waals surface area contributed by atoms with E-state index in [0.29, 0.717) is 6.04 Å². The molecule has 0 saturated heterocycles. The molecule has 0 saturated carbocycles. The zero-order valence-corrected chi connectivity index (χ0v) is 13.4. The molecular weight excluding hydrogens is 230 g/mol. The summed E-state index contributed by atoms with van der Waals surface area (Å²) in [6, 6.07) is 9.79. The fourth-order valence-corrected chi connectivity index (χ4v) is 2.19. The molecule has 0 atom stereocenters. The number of benzene rings is 1. The van der Waals surface area contributed by atoms with Crippen LogP contribution in [0.1, 0.15) is 65.0 Å². The molecule has 0 heterocycles. The van der Waals surface area contributed by atoms with Crippen LogP contribution in [-0.2, 0) is 11.8 Å². The minimum Gasteiger partial charge on any atom is -0.315 e. The number of rotatable bonds is 7. The Hall–Kier alpha value is -0.820. The van der Waals surface area contributed by atoms with Crippen molar-refractivity contribution < 1.29 is 0 Å². The van der Waals surface area contributed by atoms with Crippen molar-refractivity contribution in [1.82, 2.24) is 5.32 Å². The van der Waals surface area contributed by atoms with Crippen LogP contribution in [0, 0.1) is 0 Å². The van der Waals surface area contributed by atoms with Gasteiger partial charge in [-0.25, -0.2) is 0 Å². The van der Waals surface area contributed by atoms with Gasteiger partial charge < -0.3 is 5.32 Å². The first kappa shape index (κ1) is 16.2. The van der Waals surface area contributed by atoms with Gasteiger partial charge in [-0.2, -0.15) is 0 Å². The lowest BCUT2D eigenvalue weighted by Crippen LogP contribution is -2.23. The molecule has 1 heteroatoms. The first-order chi connectivity index (χ1) is 8.89. The van der Waals surface area contributed by atoms with Crippen LogP contribution < -0.4 is 5.32 Å². The van der Waals surface area contributed by atoms with E-state index in [1.807, 2.05) is 0 Å². The third kappa shape index (κ3) is 6.77. The lowest BCUT2D eigenvalue weighted by Gasteiger charge is -2.19. The Labute approximate surface area is 119 Å². The molecular formula is C18H31N. The van der Waals surface area contributed by atoms with Gasteiger partial charge >= 0.3 is 0 Å². The van der Waals surface area contributed by atoms with Crippen molar-refractivity contribution in [3.05, 3.63) is 35.4 Å². The van der Waals surface area contributed by atoms with Crippen molar-refractivity contribution in [3.8, 4) is 0 Å². The van der Waals surface area contributed by atoms with Crippen LogP contribution in [0.5, 0.6) is 0 Å². The lowest BCUT2D eigenvalue weighted by atomic mass is 9.86. The molecule has 0 aliphatic heterocycles. The SMILES string of the molecule is CC(C)NCCCCCc1ccc(C(C)(C)C)cc1. The number of nitrogens with one attached hydrogen (secondary N) is 1. The molecule has 0 spiro atoms. The zero-order valence-electron chi connectivity index (χ0n) is 13.4. The minimum absolute atomic E-state index is 0.265. The Morgan fingerprint density at radius 3 is 2.11 bits per heavy atom.